The predicted molar refractivity (Wildman–Crippen MR) is 82.1 cm³/mol. The van der Waals surface area contributed by atoms with Crippen LogP contribution in [0.4, 0.5) is 0 Å². The van der Waals surface area contributed by atoms with E-state index in [0.29, 0.717) is 18.4 Å². The summed E-state index contributed by atoms with van der Waals surface area (Å²) in [6.07, 6.45) is 7.07. The lowest BCUT2D eigenvalue weighted by molar-refractivity contribution is -0.121. The number of fused-ring (bicyclic) bond motifs is 3. The maximum Gasteiger partial charge on any atom is 0.220 e. The molecule has 0 radical (unpaired) electrons. The third-order valence-electron chi connectivity index (χ3n) is 4.89. The number of hydrogen-bond acceptors (Lipinski definition) is 2. The first kappa shape index (κ1) is 13.4. The van der Waals surface area contributed by atoms with Crippen LogP contribution >= 0.6 is 11.6 Å². The smallest absolute Gasteiger partial charge is 0.220 e. The molecule has 112 valence electrons. The van der Waals surface area contributed by atoms with Crippen molar-refractivity contribution >= 4 is 17.5 Å². The Hall–Kier alpha value is -1.22. The maximum atomic E-state index is 11.9. The van der Waals surface area contributed by atoms with Gasteiger partial charge < -0.3 is 10.1 Å². The van der Waals surface area contributed by atoms with Crippen molar-refractivity contribution in [3.63, 3.8) is 0 Å². The zero-order valence-corrected chi connectivity index (χ0v) is 12.8. The molecular formula is C17H20ClNO2. The van der Waals surface area contributed by atoms with Crippen LogP contribution in [-0.4, -0.2) is 18.6 Å². The quantitative estimate of drug-likeness (QED) is 0.926. The van der Waals surface area contributed by atoms with Crippen molar-refractivity contribution < 1.29 is 9.53 Å². The summed E-state index contributed by atoms with van der Waals surface area (Å²) in [6.45, 7) is 0.737. The second-order valence-electron chi connectivity index (χ2n) is 6.45. The Morgan fingerprint density at radius 2 is 2.19 bits per heavy atom. The first-order valence-corrected chi connectivity index (χ1v) is 8.36. The number of carbonyl (C=O) groups excluding carboxylic acids is 1. The van der Waals surface area contributed by atoms with Crippen LogP contribution < -0.4 is 10.1 Å². The number of carbonyl (C=O) groups is 1. The van der Waals surface area contributed by atoms with Gasteiger partial charge in [0, 0.05) is 24.4 Å². The van der Waals surface area contributed by atoms with E-state index in [-0.39, 0.29) is 5.91 Å². The number of halogens is 1. The molecule has 3 aliphatic rings. The van der Waals surface area contributed by atoms with Gasteiger partial charge in [0.2, 0.25) is 5.91 Å². The van der Waals surface area contributed by atoms with E-state index in [1.807, 2.05) is 0 Å². The highest BCUT2D eigenvalue weighted by molar-refractivity contribution is 6.32. The Morgan fingerprint density at radius 1 is 1.33 bits per heavy atom. The van der Waals surface area contributed by atoms with Gasteiger partial charge in [-0.1, -0.05) is 11.6 Å². The van der Waals surface area contributed by atoms with E-state index in [9.17, 15) is 4.79 Å². The molecule has 1 fully saturated rings. The van der Waals surface area contributed by atoms with Gasteiger partial charge in [0.05, 0.1) is 11.6 Å². The Labute approximate surface area is 130 Å². The molecule has 0 spiro atoms. The molecule has 1 aromatic rings. The molecule has 1 aromatic carbocycles. The molecule has 1 N–H and O–H groups in total. The van der Waals surface area contributed by atoms with Crippen LogP contribution in [0.3, 0.4) is 0 Å². The van der Waals surface area contributed by atoms with Crippen LogP contribution in [0.25, 0.3) is 0 Å². The molecule has 0 saturated heterocycles. The van der Waals surface area contributed by atoms with Crippen molar-refractivity contribution in [3.05, 3.63) is 27.8 Å². The number of hydrogen-bond donors (Lipinski definition) is 1. The van der Waals surface area contributed by atoms with Gasteiger partial charge >= 0.3 is 0 Å². The van der Waals surface area contributed by atoms with Gasteiger partial charge in [-0.3, -0.25) is 4.79 Å². The third kappa shape index (κ3) is 2.52. The lowest BCUT2D eigenvalue weighted by Crippen LogP contribution is -2.25. The SMILES string of the molecule is O=C(CCC1CCc2cc(Cl)c3c(c21)CCO3)NC1CC1. The van der Waals surface area contributed by atoms with Crippen molar-refractivity contribution in [3.8, 4) is 5.75 Å². The third-order valence-corrected chi connectivity index (χ3v) is 5.17. The van der Waals surface area contributed by atoms with Gasteiger partial charge in [-0.2, -0.15) is 0 Å². The second kappa shape index (κ2) is 5.20. The van der Waals surface area contributed by atoms with Gasteiger partial charge in [-0.05, 0) is 55.2 Å². The van der Waals surface area contributed by atoms with Gasteiger partial charge in [-0.15, -0.1) is 0 Å². The number of nitrogens with one attached hydrogen (secondary N) is 1. The molecule has 2 aliphatic carbocycles. The van der Waals surface area contributed by atoms with E-state index >= 15 is 0 Å². The minimum absolute atomic E-state index is 0.216. The van der Waals surface area contributed by atoms with Gasteiger partial charge in [-0.25, -0.2) is 0 Å². The van der Waals surface area contributed by atoms with Crippen molar-refractivity contribution in [2.45, 2.75) is 56.9 Å². The lowest BCUT2D eigenvalue weighted by atomic mass is 9.91. The summed E-state index contributed by atoms with van der Waals surface area (Å²) in [7, 11) is 0. The van der Waals surface area contributed by atoms with Crippen LogP contribution in [0, 0.1) is 0 Å². The molecule has 1 saturated carbocycles. The number of rotatable bonds is 4. The molecule has 1 amide bonds. The highest BCUT2D eigenvalue weighted by Crippen LogP contribution is 2.46. The van der Waals surface area contributed by atoms with E-state index in [4.69, 9.17) is 16.3 Å². The lowest BCUT2D eigenvalue weighted by Gasteiger charge is -2.15. The van der Waals surface area contributed by atoms with Crippen LogP contribution in [0.15, 0.2) is 6.07 Å². The maximum absolute atomic E-state index is 11.9. The van der Waals surface area contributed by atoms with Crippen molar-refractivity contribution in [2.24, 2.45) is 0 Å². The highest BCUT2D eigenvalue weighted by Gasteiger charge is 2.32. The summed E-state index contributed by atoms with van der Waals surface area (Å²) in [5.74, 6) is 1.61. The molecular weight excluding hydrogens is 286 g/mol. The Balaban J connectivity index is 1.50. The summed E-state index contributed by atoms with van der Waals surface area (Å²) in [4.78, 5) is 11.9. The van der Waals surface area contributed by atoms with Crippen molar-refractivity contribution in [2.75, 3.05) is 6.61 Å². The van der Waals surface area contributed by atoms with Crippen LogP contribution in [0.1, 0.15) is 54.7 Å². The zero-order chi connectivity index (χ0) is 14.4. The monoisotopic (exact) mass is 305 g/mol. The summed E-state index contributed by atoms with van der Waals surface area (Å²) in [5.41, 5.74) is 4.12. The van der Waals surface area contributed by atoms with Crippen LogP contribution in [0.2, 0.25) is 5.02 Å². The summed E-state index contributed by atoms with van der Waals surface area (Å²) in [6, 6.07) is 2.54. The normalized spacial score (nSPS) is 22.6. The molecule has 1 heterocycles. The topological polar surface area (TPSA) is 38.3 Å². The van der Waals surface area contributed by atoms with Gasteiger partial charge in [0.25, 0.3) is 0 Å². The van der Waals surface area contributed by atoms with Crippen LogP contribution in [-0.2, 0) is 17.6 Å². The molecule has 0 aromatic heterocycles. The molecule has 4 heteroatoms. The first-order valence-electron chi connectivity index (χ1n) is 7.98. The average Bonchev–Trinajstić information content (AvgIpc) is 2.99. The Bertz CT molecular complexity index is 595. The van der Waals surface area contributed by atoms with E-state index < -0.39 is 0 Å². The number of ether oxygens (including phenoxy) is 1. The molecule has 4 rings (SSSR count). The summed E-state index contributed by atoms with van der Waals surface area (Å²) < 4.78 is 5.68. The Morgan fingerprint density at radius 3 is 3.00 bits per heavy atom. The standard InChI is InChI=1S/C17H20ClNO2/c18-14-9-11-2-1-10(3-6-15(20)19-12-4-5-12)16(11)13-7-8-21-17(13)14/h9-10,12H,1-8H2,(H,19,20). The van der Waals surface area contributed by atoms with E-state index in [2.05, 4.69) is 11.4 Å². The molecule has 1 atom stereocenters. The second-order valence-corrected chi connectivity index (χ2v) is 6.86. The van der Waals surface area contributed by atoms with Gasteiger partial charge in [0.1, 0.15) is 5.75 Å². The fraction of sp³-hybridized carbons (Fsp3) is 0.588. The zero-order valence-electron chi connectivity index (χ0n) is 12.1. The Kier molecular flexibility index (Phi) is 3.33. The van der Waals surface area contributed by atoms with Crippen molar-refractivity contribution in [1.82, 2.24) is 5.32 Å². The number of amides is 1. The molecule has 21 heavy (non-hydrogen) atoms. The number of aryl methyl sites for hydroxylation is 1. The average molecular weight is 306 g/mol. The van der Waals surface area contributed by atoms with E-state index in [0.717, 1.165) is 55.9 Å². The molecule has 1 aliphatic heterocycles. The molecule has 3 nitrogen and oxygen atoms in total. The fourth-order valence-electron chi connectivity index (χ4n) is 3.73. The van der Waals surface area contributed by atoms with E-state index in [1.165, 1.54) is 16.7 Å². The fourth-order valence-corrected chi connectivity index (χ4v) is 4.03. The van der Waals surface area contributed by atoms with E-state index in [1.54, 1.807) is 0 Å². The molecule has 1 unspecified atom stereocenters. The minimum Gasteiger partial charge on any atom is -0.491 e. The largest absolute Gasteiger partial charge is 0.491 e. The summed E-state index contributed by atoms with van der Waals surface area (Å²) in [5, 5.41) is 3.84. The predicted octanol–water partition coefficient (Wildman–Crippen LogP) is 3.36. The highest BCUT2D eigenvalue weighted by atomic mass is 35.5. The van der Waals surface area contributed by atoms with Crippen LogP contribution in [0.5, 0.6) is 5.75 Å². The number of benzene rings is 1. The van der Waals surface area contributed by atoms with Crippen molar-refractivity contribution in [1.29, 1.82) is 0 Å². The molecule has 0 bridgehead atoms. The van der Waals surface area contributed by atoms with Gasteiger partial charge in [0.15, 0.2) is 0 Å². The first-order chi connectivity index (χ1) is 10.2. The minimum atomic E-state index is 0.216. The summed E-state index contributed by atoms with van der Waals surface area (Å²) >= 11 is 6.30.